The van der Waals surface area contributed by atoms with Crippen LogP contribution in [-0.4, -0.2) is 27.0 Å². The summed E-state index contributed by atoms with van der Waals surface area (Å²) in [6, 6.07) is 9.14. The fourth-order valence-corrected chi connectivity index (χ4v) is 2.82. The number of carbonyl (C=O) groups is 2. The summed E-state index contributed by atoms with van der Waals surface area (Å²) in [5.74, 6) is -1.09. The van der Waals surface area contributed by atoms with Gasteiger partial charge < -0.3 is 15.2 Å². The number of hydrogen-bond acceptors (Lipinski definition) is 5. The van der Waals surface area contributed by atoms with Crippen molar-refractivity contribution in [1.29, 1.82) is 0 Å². The molecular formula is C19H12Cl3N3O4. The molecule has 0 bridgehead atoms. The Morgan fingerprint density at radius 3 is 2.31 bits per heavy atom. The largest absolute Gasteiger partial charge is 0.481 e. The minimum atomic E-state index is -0.962. The lowest BCUT2D eigenvalue weighted by molar-refractivity contribution is -0.136. The molecule has 2 aromatic carbocycles. The lowest BCUT2D eigenvalue weighted by Gasteiger charge is -2.08. The summed E-state index contributed by atoms with van der Waals surface area (Å²) >= 11 is 17.9. The number of nitrogens with zero attached hydrogens (tertiary/aromatic N) is 2. The van der Waals surface area contributed by atoms with Crippen molar-refractivity contribution in [3.05, 3.63) is 75.0 Å². The van der Waals surface area contributed by atoms with E-state index in [0.29, 0.717) is 21.8 Å². The van der Waals surface area contributed by atoms with E-state index in [-0.39, 0.29) is 28.2 Å². The van der Waals surface area contributed by atoms with Gasteiger partial charge in [0.25, 0.3) is 5.91 Å². The number of hydrogen-bond donors (Lipinski definition) is 2. The van der Waals surface area contributed by atoms with Crippen molar-refractivity contribution in [3.8, 4) is 11.8 Å². The van der Waals surface area contributed by atoms with Crippen LogP contribution in [0.25, 0.3) is 0 Å². The number of anilines is 1. The molecule has 0 spiro atoms. The number of carboxylic acid groups (broad SMARTS) is 1. The molecule has 3 aromatic rings. The van der Waals surface area contributed by atoms with E-state index in [1.54, 1.807) is 6.07 Å². The third-order valence-electron chi connectivity index (χ3n) is 3.62. The van der Waals surface area contributed by atoms with Gasteiger partial charge in [-0.05, 0) is 35.9 Å². The third-order valence-corrected chi connectivity index (χ3v) is 4.66. The lowest BCUT2D eigenvalue weighted by Crippen LogP contribution is -2.12. The fraction of sp³-hybridized carbons (Fsp3) is 0.0526. The molecule has 0 aliphatic heterocycles. The Hall–Kier alpha value is -2.87. The summed E-state index contributed by atoms with van der Waals surface area (Å²) in [6.45, 7) is 0. The zero-order valence-electron chi connectivity index (χ0n) is 14.5. The molecule has 1 amide bonds. The van der Waals surface area contributed by atoms with E-state index in [1.807, 2.05) is 0 Å². The van der Waals surface area contributed by atoms with Crippen LogP contribution in [0.1, 0.15) is 15.9 Å². The average Bonchev–Trinajstić information content (AvgIpc) is 2.67. The Labute approximate surface area is 180 Å². The smallest absolute Gasteiger partial charge is 0.322 e. The number of rotatable bonds is 6. The Morgan fingerprint density at radius 2 is 1.69 bits per heavy atom. The maximum atomic E-state index is 12.2. The zero-order chi connectivity index (χ0) is 21.0. The number of benzene rings is 2. The zero-order valence-corrected chi connectivity index (χ0v) is 16.8. The summed E-state index contributed by atoms with van der Waals surface area (Å²) in [5.41, 5.74) is 1.21. The van der Waals surface area contributed by atoms with Gasteiger partial charge in [0.2, 0.25) is 0 Å². The Balaban J connectivity index is 1.66. The van der Waals surface area contributed by atoms with Gasteiger partial charge in [-0.15, -0.1) is 0 Å². The van der Waals surface area contributed by atoms with Gasteiger partial charge >= 0.3 is 12.0 Å². The number of ether oxygens (including phenoxy) is 1. The van der Waals surface area contributed by atoms with Crippen LogP contribution in [0.3, 0.4) is 0 Å². The van der Waals surface area contributed by atoms with E-state index in [0.717, 1.165) is 0 Å². The predicted octanol–water partition coefficient (Wildman–Crippen LogP) is 5.11. The van der Waals surface area contributed by atoms with Crippen molar-refractivity contribution >= 4 is 52.4 Å². The molecule has 3 rings (SSSR count). The van der Waals surface area contributed by atoms with Crippen molar-refractivity contribution in [2.45, 2.75) is 6.42 Å². The average molecular weight is 453 g/mol. The highest BCUT2D eigenvalue weighted by Crippen LogP contribution is 2.29. The van der Waals surface area contributed by atoms with Crippen LogP contribution in [0.15, 0.2) is 48.8 Å². The highest BCUT2D eigenvalue weighted by molar-refractivity contribution is 6.42. The summed E-state index contributed by atoms with van der Waals surface area (Å²) in [7, 11) is 0. The first kappa shape index (κ1) is 20.9. The molecule has 29 heavy (non-hydrogen) atoms. The van der Waals surface area contributed by atoms with Crippen LogP contribution in [0.4, 0.5) is 5.69 Å². The molecular weight excluding hydrogens is 441 g/mol. The molecule has 0 unspecified atom stereocenters. The van der Waals surface area contributed by atoms with Gasteiger partial charge in [0, 0.05) is 5.56 Å². The normalized spacial score (nSPS) is 10.4. The fourth-order valence-electron chi connectivity index (χ4n) is 2.28. The second kappa shape index (κ2) is 9.09. The summed E-state index contributed by atoms with van der Waals surface area (Å²) in [6.07, 6.45) is 2.58. The summed E-state index contributed by atoms with van der Waals surface area (Å²) in [4.78, 5) is 31.0. The molecule has 0 saturated heterocycles. The van der Waals surface area contributed by atoms with Crippen LogP contribution in [0, 0.1) is 0 Å². The first-order chi connectivity index (χ1) is 13.8. The van der Waals surface area contributed by atoms with Crippen molar-refractivity contribution in [2.24, 2.45) is 0 Å². The van der Waals surface area contributed by atoms with E-state index in [1.165, 1.54) is 42.7 Å². The molecule has 1 aromatic heterocycles. The highest BCUT2D eigenvalue weighted by Gasteiger charge is 2.11. The number of carbonyl (C=O) groups excluding carboxylic acids is 1. The molecule has 0 radical (unpaired) electrons. The molecule has 0 aliphatic rings. The monoisotopic (exact) mass is 451 g/mol. The minimum absolute atomic E-state index is 0.00502. The van der Waals surface area contributed by atoms with Crippen molar-refractivity contribution in [1.82, 2.24) is 9.97 Å². The van der Waals surface area contributed by atoms with Gasteiger partial charge in [0.05, 0.1) is 39.6 Å². The van der Waals surface area contributed by atoms with Crippen LogP contribution in [0.2, 0.25) is 15.1 Å². The molecule has 7 nitrogen and oxygen atoms in total. The third kappa shape index (κ3) is 5.57. The van der Waals surface area contributed by atoms with E-state index >= 15 is 0 Å². The second-order valence-corrected chi connectivity index (χ2v) is 7.00. The lowest BCUT2D eigenvalue weighted by atomic mass is 10.1. The van der Waals surface area contributed by atoms with Gasteiger partial charge in [-0.2, -0.15) is 0 Å². The van der Waals surface area contributed by atoms with Crippen molar-refractivity contribution < 1.29 is 19.4 Å². The maximum Gasteiger partial charge on any atom is 0.322 e. The number of nitrogens with one attached hydrogen (secondary N) is 1. The first-order valence-corrected chi connectivity index (χ1v) is 9.22. The maximum absolute atomic E-state index is 12.2. The molecule has 10 heteroatoms. The number of aromatic nitrogens is 2. The van der Waals surface area contributed by atoms with E-state index in [2.05, 4.69) is 15.3 Å². The molecule has 0 aliphatic carbocycles. The molecule has 1 heterocycles. The van der Waals surface area contributed by atoms with E-state index < -0.39 is 11.9 Å². The molecule has 2 N–H and O–H groups in total. The van der Waals surface area contributed by atoms with Gasteiger partial charge in [0.1, 0.15) is 5.75 Å². The summed E-state index contributed by atoms with van der Waals surface area (Å²) in [5, 5.41) is 12.3. The Kier molecular flexibility index (Phi) is 6.53. The predicted molar refractivity (Wildman–Crippen MR) is 109 cm³/mol. The van der Waals surface area contributed by atoms with Gasteiger partial charge in [-0.25, -0.2) is 9.97 Å². The quantitative estimate of drug-likeness (QED) is 0.539. The topological polar surface area (TPSA) is 101 Å². The van der Waals surface area contributed by atoms with E-state index in [9.17, 15) is 9.59 Å². The SMILES string of the molecule is O=C(O)Cc1ccc(Oc2ncc(NC(=O)c3ccc(Cl)c(Cl)c3)cn2)c(Cl)c1. The second-order valence-electron chi connectivity index (χ2n) is 5.77. The Morgan fingerprint density at radius 1 is 0.966 bits per heavy atom. The van der Waals surface area contributed by atoms with Crippen LogP contribution >= 0.6 is 34.8 Å². The number of halogens is 3. The standard InChI is InChI=1S/C19H12Cl3N3O4/c20-13-3-2-11(7-14(13)21)18(28)25-12-8-23-19(24-9-12)29-16-4-1-10(5-15(16)22)6-17(26)27/h1-5,7-9H,6H2,(H,25,28)(H,26,27). The minimum Gasteiger partial charge on any atom is -0.481 e. The molecule has 0 fully saturated rings. The molecule has 0 atom stereocenters. The first-order valence-electron chi connectivity index (χ1n) is 8.08. The van der Waals surface area contributed by atoms with Crippen LogP contribution in [0.5, 0.6) is 11.8 Å². The van der Waals surface area contributed by atoms with Crippen molar-refractivity contribution in [2.75, 3.05) is 5.32 Å². The summed E-state index contributed by atoms with van der Waals surface area (Å²) < 4.78 is 5.50. The molecule has 0 saturated carbocycles. The van der Waals surface area contributed by atoms with Gasteiger partial charge in [-0.1, -0.05) is 40.9 Å². The molecule has 148 valence electrons. The number of aliphatic carboxylic acids is 1. The Bertz CT molecular complexity index is 1070. The number of carboxylic acids is 1. The van der Waals surface area contributed by atoms with Crippen LogP contribution in [-0.2, 0) is 11.2 Å². The van der Waals surface area contributed by atoms with E-state index in [4.69, 9.17) is 44.6 Å². The van der Waals surface area contributed by atoms with Gasteiger partial charge in [0.15, 0.2) is 0 Å². The van der Waals surface area contributed by atoms with Gasteiger partial charge in [-0.3, -0.25) is 9.59 Å². The highest BCUT2D eigenvalue weighted by atomic mass is 35.5. The van der Waals surface area contributed by atoms with Crippen LogP contribution < -0.4 is 10.1 Å². The van der Waals surface area contributed by atoms with Crippen molar-refractivity contribution in [3.63, 3.8) is 0 Å². The number of amides is 1.